The normalized spacial score (nSPS) is 10.8. The molecule has 12 heavy (non-hydrogen) atoms. The third-order valence-corrected chi connectivity index (χ3v) is 1.19. The first kappa shape index (κ1) is 8.53. The van der Waals surface area contributed by atoms with Crippen LogP contribution in [0.4, 0.5) is 19.0 Å². The molecule has 5 heteroatoms. The molecule has 0 fully saturated rings. The van der Waals surface area contributed by atoms with Crippen LogP contribution in [0.25, 0.3) is 4.85 Å². The number of hydrogen-bond acceptors (Lipinski definition) is 1. The molecule has 1 aromatic heterocycles. The average Bonchev–Trinajstić information content (AvgIpc) is 2.03. The first-order valence-electron chi connectivity index (χ1n) is 2.95. The maximum absolute atomic E-state index is 12.0. The van der Waals surface area contributed by atoms with Crippen LogP contribution in [0.1, 0.15) is 5.56 Å². The summed E-state index contributed by atoms with van der Waals surface area (Å²) in [5, 5.41) is 0. The standard InChI is InChI=1S/C7H3F3N2/c1-11-6-4-5(2-3-12-6)7(8,9)10/h2-4H. The van der Waals surface area contributed by atoms with Gasteiger partial charge in [0.2, 0.25) is 0 Å². The topological polar surface area (TPSA) is 17.2 Å². The lowest BCUT2D eigenvalue weighted by Crippen LogP contribution is -2.04. The second kappa shape index (κ2) is 2.81. The van der Waals surface area contributed by atoms with Crippen LogP contribution >= 0.6 is 0 Å². The Morgan fingerprint density at radius 3 is 2.58 bits per heavy atom. The van der Waals surface area contributed by atoms with Crippen LogP contribution in [0.15, 0.2) is 18.3 Å². The minimum absolute atomic E-state index is 0.246. The molecule has 0 aliphatic heterocycles. The van der Waals surface area contributed by atoms with E-state index >= 15 is 0 Å². The third-order valence-electron chi connectivity index (χ3n) is 1.19. The Labute approximate surface area is 66.5 Å². The van der Waals surface area contributed by atoms with Crippen molar-refractivity contribution in [3.05, 3.63) is 35.3 Å². The predicted molar refractivity (Wildman–Crippen MR) is 35.5 cm³/mol. The Hall–Kier alpha value is -1.57. The average molecular weight is 172 g/mol. The SMILES string of the molecule is [C-]#[N+]c1cc(C(F)(F)F)ccn1. The van der Waals surface area contributed by atoms with Gasteiger partial charge in [-0.15, -0.1) is 4.98 Å². The van der Waals surface area contributed by atoms with Gasteiger partial charge in [-0.05, 0) is 12.1 Å². The Morgan fingerprint density at radius 2 is 2.08 bits per heavy atom. The van der Waals surface area contributed by atoms with E-state index in [1.54, 1.807) is 0 Å². The summed E-state index contributed by atoms with van der Waals surface area (Å²) in [6.45, 7) is 6.44. The van der Waals surface area contributed by atoms with Gasteiger partial charge in [0.1, 0.15) is 6.20 Å². The molecule has 1 aromatic rings. The number of aromatic nitrogens is 1. The van der Waals surface area contributed by atoms with Gasteiger partial charge >= 0.3 is 6.18 Å². The van der Waals surface area contributed by atoms with Crippen molar-refractivity contribution < 1.29 is 13.2 Å². The molecule has 2 nitrogen and oxygen atoms in total. The third kappa shape index (κ3) is 1.72. The highest BCUT2D eigenvalue weighted by Crippen LogP contribution is 2.30. The highest BCUT2D eigenvalue weighted by Gasteiger charge is 2.30. The molecular formula is C7H3F3N2. The summed E-state index contributed by atoms with van der Waals surface area (Å²) in [6.07, 6.45) is -3.43. The van der Waals surface area contributed by atoms with Gasteiger partial charge in [0.15, 0.2) is 0 Å². The number of halogens is 3. The van der Waals surface area contributed by atoms with Crippen molar-refractivity contribution in [3.8, 4) is 0 Å². The van der Waals surface area contributed by atoms with Crippen LogP contribution in [0.5, 0.6) is 0 Å². The van der Waals surface area contributed by atoms with E-state index in [0.717, 1.165) is 12.3 Å². The summed E-state index contributed by atoms with van der Waals surface area (Å²) in [5.74, 6) is -0.246. The van der Waals surface area contributed by atoms with Crippen LogP contribution in [-0.2, 0) is 6.18 Å². The molecule has 0 aliphatic rings. The first-order valence-corrected chi connectivity index (χ1v) is 2.95. The fourth-order valence-corrected chi connectivity index (χ4v) is 0.656. The molecule has 0 aliphatic carbocycles. The molecule has 0 unspecified atom stereocenters. The fraction of sp³-hybridized carbons (Fsp3) is 0.143. The van der Waals surface area contributed by atoms with E-state index in [4.69, 9.17) is 6.57 Å². The van der Waals surface area contributed by atoms with E-state index in [1.165, 1.54) is 0 Å². The zero-order chi connectivity index (χ0) is 9.19. The molecular weight excluding hydrogens is 169 g/mol. The van der Waals surface area contributed by atoms with Crippen molar-refractivity contribution in [1.82, 2.24) is 4.98 Å². The van der Waals surface area contributed by atoms with Crippen LogP contribution in [0.2, 0.25) is 0 Å². The second-order valence-electron chi connectivity index (χ2n) is 2.01. The Kier molecular flexibility index (Phi) is 2.00. The van der Waals surface area contributed by atoms with Crippen molar-refractivity contribution in [3.63, 3.8) is 0 Å². The molecule has 1 rings (SSSR count). The second-order valence-corrected chi connectivity index (χ2v) is 2.01. The van der Waals surface area contributed by atoms with Crippen molar-refractivity contribution in [2.45, 2.75) is 6.18 Å². The Balaban J connectivity index is 3.13. The molecule has 1 heterocycles. The molecule has 0 atom stereocenters. The van der Waals surface area contributed by atoms with E-state index in [0.29, 0.717) is 6.07 Å². The number of nitrogens with zero attached hydrogens (tertiary/aromatic N) is 2. The number of alkyl halides is 3. The van der Waals surface area contributed by atoms with Crippen molar-refractivity contribution in [1.29, 1.82) is 0 Å². The van der Waals surface area contributed by atoms with E-state index in [9.17, 15) is 13.2 Å². The van der Waals surface area contributed by atoms with Gasteiger partial charge in [0, 0.05) is 0 Å². The van der Waals surface area contributed by atoms with Gasteiger partial charge < -0.3 is 4.85 Å². The van der Waals surface area contributed by atoms with Crippen molar-refractivity contribution in [2.75, 3.05) is 0 Å². The zero-order valence-electron chi connectivity index (χ0n) is 5.76. The van der Waals surface area contributed by atoms with E-state index in [-0.39, 0.29) is 5.82 Å². The zero-order valence-corrected chi connectivity index (χ0v) is 5.76. The van der Waals surface area contributed by atoms with Gasteiger partial charge in [-0.1, -0.05) is 6.57 Å². The summed E-state index contributed by atoms with van der Waals surface area (Å²) < 4.78 is 35.9. The first-order chi connectivity index (χ1) is 5.54. The largest absolute Gasteiger partial charge is 0.415 e. The summed E-state index contributed by atoms with van der Waals surface area (Å²) in [4.78, 5) is 6.20. The number of pyridine rings is 1. The minimum Gasteiger partial charge on any atom is -0.361 e. The summed E-state index contributed by atoms with van der Waals surface area (Å²) in [7, 11) is 0. The van der Waals surface area contributed by atoms with E-state index in [2.05, 4.69) is 9.83 Å². The number of hydrogen-bond donors (Lipinski definition) is 0. The number of rotatable bonds is 0. The summed E-state index contributed by atoms with van der Waals surface area (Å²) in [6, 6.07) is 1.54. The molecule has 0 bridgehead atoms. The smallest absolute Gasteiger partial charge is 0.361 e. The quantitative estimate of drug-likeness (QED) is 0.550. The Bertz CT molecular complexity index is 324. The summed E-state index contributed by atoms with van der Waals surface area (Å²) in [5.41, 5.74) is -0.844. The van der Waals surface area contributed by atoms with Gasteiger partial charge in [-0.25, -0.2) is 0 Å². The monoisotopic (exact) mass is 172 g/mol. The lowest BCUT2D eigenvalue weighted by atomic mass is 10.2. The lowest BCUT2D eigenvalue weighted by Gasteiger charge is -2.04. The van der Waals surface area contributed by atoms with Gasteiger partial charge in [0.25, 0.3) is 5.82 Å². The molecule has 0 N–H and O–H groups in total. The predicted octanol–water partition coefficient (Wildman–Crippen LogP) is 2.65. The molecule has 62 valence electrons. The van der Waals surface area contributed by atoms with Crippen molar-refractivity contribution >= 4 is 5.82 Å². The maximum atomic E-state index is 12.0. The van der Waals surface area contributed by atoms with E-state index < -0.39 is 11.7 Å². The molecule has 0 radical (unpaired) electrons. The van der Waals surface area contributed by atoms with Crippen LogP contribution in [-0.4, -0.2) is 4.98 Å². The van der Waals surface area contributed by atoms with Crippen LogP contribution < -0.4 is 0 Å². The molecule has 0 amide bonds. The maximum Gasteiger partial charge on any atom is 0.415 e. The van der Waals surface area contributed by atoms with Crippen LogP contribution in [0, 0.1) is 6.57 Å². The Morgan fingerprint density at radius 1 is 1.42 bits per heavy atom. The molecule has 0 spiro atoms. The highest BCUT2D eigenvalue weighted by molar-refractivity contribution is 5.39. The lowest BCUT2D eigenvalue weighted by molar-refractivity contribution is -0.137. The highest BCUT2D eigenvalue weighted by atomic mass is 19.4. The molecule has 0 aromatic carbocycles. The van der Waals surface area contributed by atoms with Crippen molar-refractivity contribution in [2.24, 2.45) is 0 Å². The fourth-order valence-electron chi connectivity index (χ4n) is 0.656. The van der Waals surface area contributed by atoms with Crippen LogP contribution in [0.3, 0.4) is 0 Å². The van der Waals surface area contributed by atoms with Gasteiger partial charge in [0.05, 0.1) is 5.56 Å². The summed E-state index contributed by atoms with van der Waals surface area (Å²) >= 11 is 0. The minimum atomic E-state index is -4.40. The van der Waals surface area contributed by atoms with Gasteiger partial charge in [-0.3, -0.25) is 0 Å². The van der Waals surface area contributed by atoms with Gasteiger partial charge in [-0.2, -0.15) is 13.2 Å². The molecule has 0 saturated carbocycles. The van der Waals surface area contributed by atoms with E-state index in [1.807, 2.05) is 0 Å². The molecule has 0 saturated heterocycles.